The molecule has 0 saturated carbocycles. The molecule has 6 nitrogen and oxygen atoms in total. The molecule has 1 fully saturated rings. The Bertz CT molecular complexity index is 594. The van der Waals surface area contributed by atoms with Crippen molar-refractivity contribution in [1.29, 1.82) is 0 Å². The normalized spacial score (nSPS) is 15.9. The molecule has 26 heavy (non-hydrogen) atoms. The summed E-state index contributed by atoms with van der Waals surface area (Å²) in [6.45, 7) is 3.37. The van der Waals surface area contributed by atoms with Gasteiger partial charge in [0.25, 0.3) is 0 Å². The third-order valence-electron chi connectivity index (χ3n) is 4.38. The number of carbonyl (C=O) groups excluding carboxylic acids is 2. The second-order valence-electron chi connectivity index (χ2n) is 6.44. The van der Waals surface area contributed by atoms with Gasteiger partial charge in [0.2, 0.25) is 11.8 Å². The first-order chi connectivity index (χ1) is 12.0. The van der Waals surface area contributed by atoms with Crippen LogP contribution in [0.25, 0.3) is 0 Å². The van der Waals surface area contributed by atoms with E-state index in [9.17, 15) is 9.59 Å². The minimum Gasteiger partial charge on any atom is -0.340 e. The molecule has 1 aromatic rings. The van der Waals surface area contributed by atoms with Gasteiger partial charge in [-0.2, -0.15) is 11.8 Å². The predicted molar refractivity (Wildman–Crippen MR) is 111 cm³/mol. The van der Waals surface area contributed by atoms with E-state index in [0.29, 0.717) is 18.5 Å². The van der Waals surface area contributed by atoms with Gasteiger partial charge in [-0.05, 0) is 43.2 Å². The number of hydrogen-bond acceptors (Lipinski definition) is 5. The first kappa shape index (κ1) is 22.8. The summed E-state index contributed by atoms with van der Waals surface area (Å²) in [7, 11) is 2.07. The Morgan fingerprint density at radius 1 is 1.27 bits per heavy atom. The average molecular weight is 401 g/mol. The maximum atomic E-state index is 12.4. The van der Waals surface area contributed by atoms with E-state index in [1.807, 2.05) is 35.4 Å². The SMILES string of the molecule is CSCC[C@H](N)C(=O)Nc1cccc(CC(=O)N2CCN(C)CC2)c1.Cl. The molecule has 1 heterocycles. The molecule has 1 aromatic carbocycles. The van der Waals surface area contributed by atoms with Crippen molar-refractivity contribution in [3.63, 3.8) is 0 Å². The van der Waals surface area contributed by atoms with E-state index < -0.39 is 6.04 Å². The highest BCUT2D eigenvalue weighted by molar-refractivity contribution is 7.98. The number of amides is 2. The Morgan fingerprint density at radius 3 is 2.62 bits per heavy atom. The number of benzene rings is 1. The number of likely N-dealkylation sites (N-methyl/N-ethyl adjacent to an activating group) is 1. The van der Waals surface area contributed by atoms with Gasteiger partial charge >= 0.3 is 0 Å². The molecule has 1 saturated heterocycles. The van der Waals surface area contributed by atoms with Crippen molar-refractivity contribution in [2.45, 2.75) is 18.9 Å². The van der Waals surface area contributed by atoms with E-state index in [2.05, 4.69) is 17.3 Å². The van der Waals surface area contributed by atoms with Gasteiger partial charge in [0.1, 0.15) is 0 Å². The Balaban J connectivity index is 0.00000338. The summed E-state index contributed by atoms with van der Waals surface area (Å²) >= 11 is 1.67. The highest BCUT2D eigenvalue weighted by Gasteiger charge is 2.19. The second-order valence-corrected chi connectivity index (χ2v) is 7.42. The molecule has 0 bridgehead atoms. The summed E-state index contributed by atoms with van der Waals surface area (Å²) in [4.78, 5) is 28.7. The molecule has 1 aliphatic rings. The summed E-state index contributed by atoms with van der Waals surface area (Å²) < 4.78 is 0. The van der Waals surface area contributed by atoms with Gasteiger partial charge in [0.05, 0.1) is 12.5 Å². The second kappa shape index (κ2) is 11.4. The molecule has 2 rings (SSSR count). The lowest BCUT2D eigenvalue weighted by Gasteiger charge is -2.32. The molecule has 0 aromatic heterocycles. The van der Waals surface area contributed by atoms with Crippen LogP contribution in [0.2, 0.25) is 0 Å². The fourth-order valence-electron chi connectivity index (χ4n) is 2.71. The summed E-state index contributed by atoms with van der Waals surface area (Å²) in [6, 6.07) is 6.94. The van der Waals surface area contributed by atoms with Gasteiger partial charge in [-0.3, -0.25) is 9.59 Å². The number of hydrogen-bond donors (Lipinski definition) is 2. The molecule has 0 unspecified atom stereocenters. The Labute approximate surface area is 166 Å². The summed E-state index contributed by atoms with van der Waals surface area (Å²) in [5, 5.41) is 2.84. The van der Waals surface area contributed by atoms with Crippen LogP contribution in [-0.4, -0.2) is 72.9 Å². The van der Waals surface area contributed by atoms with Crippen LogP contribution in [-0.2, 0) is 16.0 Å². The van der Waals surface area contributed by atoms with Crippen LogP contribution < -0.4 is 11.1 Å². The first-order valence-electron chi connectivity index (χ1n) is 8.60. The van der Waals surface area contributed by atoms with Crippen LogP contribution in [0.5, 0.6) is 0 Å². The molecular formula is C18H29ClN4O2S. The van der Waals surface area contributed by atoms with Gasteiger partial charge in [-0.1, -0.05) is 12.1 Å². The quantitative estimate of drug-likeness (QED) is 0.724. The number of nitrogens with one attached hydrogen (secondary N) is 1. The van der Waals surface area contributed by atoms with E-state index in [1.165, 1.54) is 0 Å². The van der Waals surface area contributed by atoms with Crippen molar-refractivity contribution < 1.29 is 9.59 Å². The van der Waals surface area contributed by atoms with E-state index in [1.54, 1.807) is 11.8 Å². The largest absolute Gasteiger partial charge is 0.340 e. The number of rotatable bonds is 7. The smallest absolute Gasteiger partial charge is 0.241 e. The summed E-state index contributed by atoms with van der Waals surface area (Å²) in [5.41, 5.74) is 7.48. The molecule has 8 heteroatoms. The molecule has 1 aliphatic heterocycles. The highest BCUT2D eigenvalue weighted by atomic mass is 35.5. The van der Waals surface area contributed by atoms with E-state index in [0.717, 1.165) is 37.5 Å². The van der Waals surface area contributed by atoms with Crippen molar-refractivity contribution in [2.75, 3.05) is 50.6 Å². The number of nitrogens with two attached hydrogens (primary N) is 1. The monoisotopic (exact) mass is 400 g/mol. The summed E-state index contributed by atoms with van der Waals surface area (Å²) in [6.07, 6.45) is 2.99. The van der Waals surface area contributed by atoms with Gasteiger partial charge in [-0.15, -0.1) is 12.4 Å². The van der Waals surface area contributed by atoms with Crippen molar-refractivity contribution in [3.8, 4) is 0 Å². The molecule has 2 amide bonds. The maximum Gasteiger partial charge on any atom is 0.241 e. The molecule has 146 valence electrons. The minimum absolute atomic E-state index is 0. The Morgan fingerprint density at radius 2 is 1.96 bits per heavy atom. The van der Waals surface area contributed by atoms with Gasteiger partial charge in [-0.25, -0.2) is 0 Å². The van der Waals surface area contributed by atoms with Gasteiger partial charge in [0.15, 0.2) is 0 Å². The zero-order valence-corrected chi connectivity index (χ0v) is 17.1. The number of nitrogens with zero attached hydrogens (tertiary/aromatic N) is 2. The van der Waals surface area contributed by atoms with Crippen LogP contribution in [0.15, 0.2) is 24.3 Å². The third kappa shape index (κ3) is 7.15. The minimum atomic E-state index is -0.511. The number of thioether (sulfide) groups is 1. The van der Waals surface area contributed by atoms with Gasteiger partial charge < -0.3 is 20.9 Å². The van der Waals surface area contributed by atoms with Crippen molar-refractivity contribution >= 4 is 41.7 Å². The Hall–Kier alpha value is -1.28. The number of anilines is 1. The molecule has 0 aliphatic carbocycles. The number of halogens is 1. The average Bonchev–Trinajstić information content (AvgIpc) is 2.60. The van der Waals surface area contributed by atoms with Crippen LogP contribution >= 0.6 is 24.2 Å². The van der Waals surface area contributed by atoms with E-state index in [-0.39, 0.29) is 24.2 Å². The topological polar surface area (TPSA) is 78.7 Å². The van der Waals surface area contributed by atoms with Crippen molar-refractivity contribution in [1.82, 2.24) is 9.80 Å². The van der Waals surface area contributed by atoms with E-state index in [4.69, 9.17) is 5.73 Å². The van der Waals surface area contributed by atoms with Crippen LogP contribution in [0.1, 0.15) is 12.0 Å². The first-order valence-corrected chi connectivity index (χ1v) is 9.99. The Kier molecular flexibility index (Phi) is 10.0. The lowest BCUT2D eigenvalue weighted by Crippen LogP contribution is -2.47. The standard InChI is InChI=1S/C18H28N4O2S.ClH/c1-21-7-9-22(10-8-21)17(23)13-14-4-3-5-15(12-14)20-18(24)16(19)6-11-25-2;/h3-5,12,16H,6-11,13,19H2,1-2H3,(H,20,24);1H/t16-;/m0./s1. The molecule has 3 N–H and O–H groups in total. The van der Waals surface area contributed by atoms with Crippen LogP contribution in [0.4, 0.5) is 5.69 Å². The fourth-order valence-corrected chi connectivity index (χ4v) is 3.20. The van der Waals surface area contributed by atoms with Crippen molar-refractivity contribution in [2.24, 2.45) is 5.73 Å². The predicted octanol–water partition coefficient (Wildman–Crippen LogP) is 1.44. The fraction of sp³-hybridized carbons (Fsp3) is 0.556. The van der Waals surface area contributed by atoms with Gasteiger partial charge in [0, 0.05) is 31.9 Å². The lowest BCUT2D eigenvalue weighted by atomic mass is 10.1. The summed E-state index contributed by atoms with van der Waals surface area (Å²) in [5.74, 6) is 0.804. The number of carbonyl (C=O) groups is 2. The lowest BCUT2D eigenvalue weighted by molar-refractivity contribution is -0.132. The molecule has 0 spiro atoms. The zero-order valence-electron chi connectivity index (χ0n) is 15.4. The van der Waals surface area contributed by atoms with Crippen LogP contribution in [0, 0.1) is 0 Å². The van der Waals surface area contributed by atoms with Crippen LogP contribution in [0.3, 0.4) is 0 Å². The van der Waals surface area contributed by atoms with E-state index >= 15 is 0 Å². The third-order valence-corrected chi connectivity index (χ3v) is 5.02. The molecule has 1 atom stereocenters. The maximum absolute atomic E-state index is 12.4. The highest BCUT2D eigenvalue weighted by Crippen LogP contribution is 2.14. The number of piperazine rings is 1. The molecule has 0 radical (unpaired) electrons. The van der Waals surface area contributed by atoms with Crippen molar-refractivity contribution in [3.05, 3.63) is 29.8 Å². The molecular weight excluding hydrogens is 372 g/mol. The zero-order chi connectivity index (χ0) is 18.2.